The van der Waals surface area contributed by atoms with E-state index < -0.39 is 0 Å². The van der Waals surface area contributed by atoms with Crippen LogP contribution < -0.4 is 5.32 Å². The van der Waals surface area contributed by atoms with Crippen molar-refractivity contribution in [3.05, 3.63) is 22.3 Å². The fraction of sp³-hybridized carbons (Fsp3) is 0.222. The first-order valence-corrected chi connectivity index (χ1v) is 6.36. The number of carbonyl (C=O) groups excluding carboxylic acids is 1. The van der Waals surface area contributed by atoms with Gasteiger partial charge in [0.05, 0.1) is 5.56 Å². The van der Waals surface area contributed by atoms with E-state index in [1.807, 2.05) is 13.8 Å². The Hall–Kier alpha value is -2.69. The van der Waals surface area contributed by atoms with Gasteiger partial charge in [-0.15, -0.1) is 21.5 Å². The average molecular weight is 291 g/mol. The van der Waals surface area contributed by atoms with Crippen LogP contribution in [0.15, 0.2) is 6.33 Å². The van der Waals surface area contributed by atoms with Crippen molar-refractivity contribution in [1.29, 1.82) is 0 Å². The van der Waals surface area contributed by atoms with Crippen LogP contribution in [0.1, 0.15) is 20.8 Å². The zero-order valence-electron chi connectivity index (χ0n) is 10.5. The first-order chi connectivity index (χ1) is 9.66. The van der Waals surface area contributed by atoms with Crippen LogP contribution in [-0.2, 0) is 0 Å². The van der Waals surface area contributed by atoms with E-state index in [1.54, 1.807) is 0 Å². The molecule has 0 bridgehead atoms. The van der Waals surface area contributed by atoms with E-state index in [-0.39, 0.29) is 11.9 Å². The number of amides is 1. The van der Waals surface area contributed by atoms with Gasteiger partial charge in [-0.25, -0.2) is 0 Å². The number of nitrogens with one attached hydrogen (secondary N) is 2. The molecule has 3 aromatic rings. The van der Waals surface area contributed by atoms with Crippen LogP contribution >= 0.6 is 11.3 Å². The number of rotatable bonds is 3. The molecule has 0 atom stereocenters. The minimum absolute atomic E-state index is 0.112. The normalized spacial score (nSPS) is 10.7. The van der Waals surface area contributed by atoms with Crippen LogP contribution in [0.25, 0.3) is 5.00 Å². The Morgan fingerprint density at radius 2 is 2.30 bits per heavy atom. The number of hydrogen-bond acceptors (Lipinski definition) is 8. The molecule has 3 rings (SSSR count). The molecule has 2 N–H and O–H groups in total. The number of carbonyl (C=O) groups is 1. The smallest absolute Gasteiger partial charge is 0.270 e. The quantitative estimate of drug-likeness (QED) is 0.700. The molecule has 0 unspecified atom stereocenters. The number of aryl methyl sites for hydroxylation is 1. The lowest BCUT2D eigenvalue weighted by Gasteiger charge is -2.03. The molecule has 0 saturated heterocycles. The van der Waals surface area contributed by atoms with Crippen LogP contribution in [0.4, 0.5) is 5.95 Å². The summed E-state index contributed by atoms with van der Waals surface area (Å²) in [5, 5.41) is 27.2. The van der Waals surface area contributed by atoms with Crippen molar-refractivity contribution in [2.45, 2.75) is 13.8 Å². The van der Waals surface area contributed by atoms with Crippen molar-refractivity contribution < 1.29 is 4.79 Å². The lowest BCUT2D eigenvalue weighted by Crippen LogP contribution is -2.16. The van der Waals surface area contributed by atoms with Gasteiger partial charge in [-0.2, -0.15) is 9.90 Å². The highest BCUT2D eigenvalue weighted by Crippen LogP contribution is 2.30. The molecule has 0 spiro atoms. The fourth-order valence-electron chi connectivity index (χ4n) is 1.67. The molecule has 0 fully saturated rings. The Bertz CT molecular complexity index is 730. The lowest BCUT2D eigenvalue weighted by molar-refractivity contribution is 0.102. The third-order valence-electron chi connectivity index (χ3n) is 2.72. The number of nitrogens with zero attached hydrogens (tertiary/aromatic N) is 7. The molecule has 102 valence electrons. The van der Waals surface area contributed by atoms with E-state index in [0.717, 1.165) is 10.4 Å². The first kappa shape index (κ1) is 12.3. The maximum absolute atomic E-state index is 12.4. The topological polar surface area (TPSA) is 127 Å². The Balaban J connectivity index is 2.02. The summed E-state index contributed by atoms with van der Waals surface area (Å²) in [7, 11) is 0. The highest BCUT2D eigenvalue weighted by atomic mass is 32.1. The summed E-state index contributed by atoms with van der Waals surface area (Å²) in [6.07, 6.45) is 1.44. The first-order valence-electron chi connectivity index (χ1n) is 5.55. The van der Waals surface area contributed by atoms with Gasteiger partial charge in [0.1, 0.15) is 11.3 Å². The molecular formula is C9H9N9OS. The Morgan fingerprint density at radius 3 is 2.95 bits per heavy atom. The third-order valence-corrected chi connectivity index (χ3v) is 3.92. The summed E-state index contributed by atoms with van der Waals surface area (Å²) in [6, 6.07) is 0. The molecule has 20 heavy (non-hydrogen) atoms. The van der Waals surface area contributed by atoms with Gasteiger partial charge in [0.15, 0.2) is 0 Å². The molecule has 3 heterocycles. The molecule has 11 heteroatoms. The number of tetrazole rings is 2. The predicted octanol–water partition coefficient (Wildman–Crippen LogP) is 0.106. The molecule has 0 radical (unpaired) electrons. The third kappa shape index (κ3) is 2.03. The molecule has 0 saturated carbocycles. The monoisotopic (exact) mass is 291 g/mol. The maximum atomic E-state index is 12.4. The summed E-state index contributed by atoms with van der Waals surface area (Å²) in [4.78, 5) is 13.4. The molecule has 0 aliphatic carbocycles. The Morgan fingerprint density at radius 1 is 1.45 bits per heavy atom. The summed E-state index contributed by atoms with van der Waals surface area (Å²) in [6.45, 7) is 3.80. The van der Waals surface area contributed by atoms with Gasteiger partial charge in [-0.3, -0.25) is 10.1 Å². The summed E-state index contributed by atoms with van der Waals surface area (Å²) >= 11 is 1.44. The van der Waals surface area contributed by atoms with Gasteiger partial charge in [0.25, 0.3) is 11.9 Å². The van der Waals surface area contributed by atoms with Crippen LogP contribution in [0, 0.1) is 13.8 Å². The van der Waals surface area contributed by atoms with Gasteiger partial charge < -0.3 is 0 Å². The fourth-order valence-corrected chi connectivity index (χ4v) is 2.74. The number of anilines is 1. The van der Waals surface area contributed by atoms with Gasteiger partial charge in [0.2, 0.25) is 0 Å². The number of hydrogen-bond donors (Lipinski definition) is 2. The van der Waals surface area contributed by atoms with E-state index in [1.165, 1.54) is 22.3 Å². The van der Waals surface area contributed by atoms with Crippen LogP contribution in [0.2, 0.25) is 0 Å². The number of H-pyrrole nitrogens is 1. The van der Waals surface area contributed by atoms with Crippen LogP contribution in [0.3, 0.4) is 0 Å². The Labute approximate surface area is 116 Å². The maximum Gasteiger partial charge on any atom is 0.270 e. The van der Waals surface area contributed by atoms with Crippen LogP contribution in [0.5, 0.6) is 0 Å². The lowest BCUT2D eigenvalue weighted by atomic mass is 10.1. The molecule has 0 aliphatic rings. The highest BCUT2D eigenvalue weighted by molar-refractivity contribution is 7.15. The highest BCUT2D eigenvalue weighted by Gasteiger charge is 2.22. The number of aromatic nitrogens is 8. The van der Waals surface area contributed by atoms with Crippen molar-refractivity contribution in [2.24, 2.45) is 0 Å². The van der Waals surface area contributed by atoms with E-state index in [9.17, 15) is 4.79 Å². The van der Waals surface area contributed by atoms with E-state index in [4.69, 9.17) is 0 Å². The molecule has 3 aromatic heterocycles. The number of aromatic amines is 1. The second-order valence-corrected chi connectivity index (χ2v) is 5.11. The molecule has 10 nitrogen and oxygen atoms in total. The molecular weight excluding hydrogens is 282 g/mol. The standard InChI is InChI=1S/C9H9N9OS/c1-4-5(2)20-8(18-3-10-14-17-18)6(4)7(19)11-9-12-15-16-13-9/h3H,1-2H3,(H2,11,12,13,15,16,19). The molecule has 1 amide bonds. The molecule has 0 aromatic carbocycles. The van der Waals surface area contributed by atoms with E-state index in [2.05, 4.69) is 41.5 Å². The van der Waals surface area contributed by atoms with E-state index in [0.29, 0.717) is 10.6 Å². The Kier molecular flexibility index (Phi) is 2.95. The average Bonchev–Trinajstić information content (AvgIpc) is 3.12. The SMILES string of the molecule is Cc1sc(-n2cnnn2)c(C(=O)Nc2nn[nH]n2)c1C. The van der Waals surface area contributed by atoms with Gasteiger partial charge in [0, 0.05) is 4.88 Å². The largest absolute Gasteiger partial charge is 0.288 e. The van der Waals surface area contributed by atoms with E-state index >= 15 is 0 Å². The predicted molar refractivity (Wildman–Crippen MR) is 68.6 cm³/mol. The van der Waals surface area contributed by atoms with Gasteiger partial charge in [-0.1, -0.05) is 5.10 Å². The number of thiophene rings is 1. The van der Waals surface area contributed by atoms with Crippen LogP contribution in [-0.4, -0.2) is 46.7 Å². The van der Waals surface area contributed by atoms with Crippen molar-refractivity contribution >= 4 is 23.2 Å². The summed E-state index contributed by atoms with van der Waals surface area (Å²) in [5.41, 5.74) is 1.35. The summed E-state index contributed by atoms with van der Waals surface area (Å²) in [5.74, 6) is -0.223. The van der Waals surface area contributed by atoms with Gasteiger partial charge >= 0.3 is 0 Å². The van der Waals surface area contributed by atoms with Crippen molar-refractivity contribution in [3.63, 3.8) is 0 Å². The second-order valence-electron chi connectivity index (χ2n) is 3.91. The zero-order chi connectivity index (χ0) is 14.1. The summed E-state index contributed by atoms with van der Waals surface area (Å²) < 4.78 is 1.45. The second kappa shape index (κ2) is 4.77. The minimum atomic E-state index is -0.334. The minimum Gasteiger partial charge on any atom is -0.288 e. The molecule has 0 aliphatic heterocycles. The van der Waals surface area contributed by atoms with Crippen molar-refractivity contribution in [1.82, 2.24) is 40.8 Å². The van der Waals surface area contributed by atoms with Crippen molar-refractivity contribution in [3.8, 4) is 5.00 Å². The zero-order valence-corrected chi connectivity index (χ0v) is 11.3. The van der Waals surface area contributed by atoms with Gasteiger partial charge in [-0.05, 0) is 35.1 Å². The van der Waals surface area contributed by atoms with Crippen molar-refractivity contribution in [2.75, 3.05) is 5.32 Å².